The van der Waals surface area contributed by atoms with Gasteiger partial charge in [0, 0.05) is 13.3 Å². The average Bonchev–Trinajstić information content (AvgIpc) is 2.05. The van der Waals surface area contributed by atoms with Crippen LogP contribution in [-0.2, 0) is 0 Å². The molecule has 3 nitrogen and oxygen atoms in total. The molecule has 0 unspecified atom stereocenters. The zero-order valence-electron chi connectivity index (χ0n) is 7.98. The van der Waals surface area contributed by atoms with Crippen molar-refractivity contribution in [3.8, 4) is 0 Å². The van der Waals surface area contributed by atoms with E-state index in [0.29, 0.717) is 0 Å². The lowest BCUT2D eigenvalue weighted by Gasteiger charge is -2.18. The summed E-state index contributed by atoms with van der Waals surface area (Å²) in [6, 6.07) is 0. The first kappa shape index (κ1) is 11.1. The molecule has 0 radical (unpaired) electrons. The van der Waals surface area contributed by atoms with Gasteiger partial charge in [0.25, 0.3) is 0 Å². The third-order valence-electron chi connectivity index (χ3n) is 1.73. The van der Waals surface area contributed by atoms with Crippen molar-refractivity contribution in [2.45, 2.75) is 20.4 Å². The Morgan fingerprint density at radius 1 is 1.27 bits per heavy atom. The molecule has 11 heavy (non-hydrogen) atoms. The van der Waals surface area contributed by atoms with E-state index in [9.17, 15) is 0 Å². The molecular weight excluding hydrogens is 154 g/mol. The molecule has 0 aromatic heterocycles. The van der Waals surface area contributed by atoms with Gasteiger partial charge in [-0.1, -0.05) is 20.4 Å². The number of nitrogens with zero attached hydrogens (tertiary/aromatic N) is 1. The Kier molecular flexibility index (Phi) is 8.27. The van der Waals surface area contributed by atoms with Gasteiger partial charge >= 0.3 is 0 Å². The monoisotopic (exact) mass is 175 g/mol. The van der Waals surface area contributed by atoms with E-state index >= 15 is 0 Å². The lowest BCUT2D eigenvalue weighted by atomic mass is 10.7. The Morgan fingerprint density at radius 3 is 2.45 bits per heavy atom. The summed E-state index contributed by atoms with van der Waals surface area (Å²) >= 11 is 0. The summed E-state index contributed by atoms with van der Waals surface area (Å²) in [6.07, 6.45) is 0. The maximum Gasteiger partial charge on any atom is 0.0935 e. The number of hydrogen-bond acceptors (Lipinski definition) is 3. The lowest BCUT2D eigenvalue weighted by Crippen LogP contribution is -2.39. The van der Waals surface area contributed by atoms with Crippen LogP contribution in [0.4, 0.5) is 0 Å². The summed E-state index contributed by atoms with van der Waals surface area (Å²) in [5.41, 5.74) is 0. The Morgan fingerprint density at radius 2 is 2.00 bits per heavy atom. The molecule has 0 fully saturated rings. The topological polar surface area (TPSA) is 27.3 Å². The van der Waals surface area contributed by atoms with E-state index in [2.05, 4.69) is 35.6 Å². The Balaban J connectivity index is 3.07. The van der Waals surface area contributed by atoms with Crippen LogP contribution in [0, 0.1) is 0 Å². The van der Waals surface area contributed by atoms with Crippen LogP contribution < -0.4 is 10.6 Å². The first-order chi connectivity index (χ1) is 5.35. The summed E-state index contributed by atoms with van der Waals surface area (Å²) < 4.78 is 2.48. The molecule has 0 aliphatic heterocycles. The Labute approximate surface area is 72.4 Å². The third kappa shape index (κ3) is 6.49. The van der Waals surface area contributed by atoms with E-state index < -0.39 is 0 Å². The second-order valence-corrected chi connectivity index (χ2v) is 4.02. The SMILES string of the molecule is CCNCNCN(CC)[SiH2]C. The van der Waals surface area contributed by atoms with E-state index in [1.165, 1.54) is 6.54 Å². The van der Waals surface area contributed by atoms with E-state index in [1.54, 1.807) is 0 Å². The van der Waals surface area contributed by atoms with Gasteiger partial charge in [-0.15, -0.1) is 0 Å². The van der Waals surface area contributed by atoms with Crippen LogP contribution in [-0.4, -0.2) is 40.7 Å². The van der Waals surface area contributed by atoms with Crippen LogP contribution in [0.5, 0.6) is 0 Å². The molecule has 0 aliphatic carbocycles. The standard InChI is InChI=1S/C7H21N3Si/c1-4-8-6-9-7-10(5-2)11-3/h8-9H,4-7,11H2,1-3H3. The number of hydrogen-bond donors (Lipinski definition) is 2. The van der Waals surface area contributed by atoms with Crippen molar-refractivity contribution in [2.24, 2.45) is 0 Å². The van der Waals surface area contributed by atoms with Gasteiger partial charge in [-0.2, -0.15) is 0 Å². The minimum Gasteiger partial charge on any atom is -0.318 e. The van der Waals surface area contributed by atoms with Crippen LogP contribution in [0.15, 0.2) is 0 Å². The lowest BCUT2D eigenvalue weighted by molar-refractivity contribution is 0.409. The fraction of sp³-hybridized carbons (Fsp3) is 1.00. The van der Waals surface area contributed by atoms with Crippen LogP contribution >= 0.6 is 0 Å². The van der Waals surface area contributed by atoms with Crippen molar-refractivity contribution >= 4 is 9.68 Å². The molecule has 0 spiro atoms. The fourth-order valence-electron chi connectivity index (χ4n) is 0.875. The van der Waals surface area contributed by atoms with Crippen LogP contribution in [0.2, 0.25) is 6.55 Å². The highest BCUT2D eigenvalue weighted by molar-refractivity contribution is 6.29. The van der Waals surface area contributed by atoms with Crippen molar-refractivity contribution in [3.63, 3.8) is 0 Å². The van der Waals surface area contributed by atoms with Crippen LogP contribution in [0.25, 0.3) is 0 Å². The van der Waals surface area contributed by atoms with Crippen molar-refractivity contribution < 1.29 is 0 Å². The Hall–Kier alpha value is 0.0969. The maximum absolute atomic E-state index is 3.34. The van der Waals surface area contributed by atoms with Crippen molar-refractivity contribution in [2.75, 3.05) is 26.4 Å². The van der Waals surface area contributed by atoms with Crippen molar-refractivity contribution in [3.05, 3.63) is 0 Å². The molecule has 0 aliphatic rings. The van der Waals surface area contributed by atoms with Gasteiger partial charge in [0.15, 0.2) is 0 Å². The summed E-state index contributed by atoms with van der Waals surface area (Å²) in [6.45, 7) is 10.9. The average molecular weight is 175 g/mol. The highest BCUT2D eigenvalue weighted by Gasteiger charge is 1.95. The third-order valence-corrected chi connectivity index (χ3v) is 3.30. The predicted molar refractivity (Wildman–Crippen MR) is 53.3 cm³/mol. The molecule has 0 saturated heterocycles. The summed E-state index contributed by atoms with van der Waals surface area (Å²) in [5.74, 6) is 0. The van der Waals surface area contributed by atoms with Gasteiger partial charge in [-0.05, 0) is 13.1 Å². The molecule has 0 heterocycles. The first-order valence-corrected chi connectivity index (χ1v) is 6.53. The van der Waals surface area contributed by atoms with Gasteiger partial charge in [0.2, 0.25) is 0 Å². The maximum atomic E-state index is 3.34. The molecule has 2 N–H and O–H groups in total. The van der Waals surface area contributed by atoms with E-state index in [4.69, 9.17) is 0 Å². The van der Waals surface area contributed by atoms with Gasteiger partial charge < -0.3 is 9.88 Å². The molecule has 0 bridgehead atoms. The molecular formula is C7H21N3Si. The molecule has 0 aromatic carbocycles. The summed E-state index contributed by atoms with van der Waals surface area (Å²) in [5, 5.41) is 6.57. The van der Waals surface area contributed by atoms with E-state index in [1.807, 2.05) is 0 Å². The first-order valence-electron chi connectivity index (χ1n) is 4.48. The second kappa shape index (κ2) is 8.20. The largest absolute Gasteiger partial charge is 0.318 e. The summed E-state index contributed by atoms with van der Waals surface area (Å²) in [7, 11) is 0.0368. The normalized spacial score (nSPS) is 12.0. The van der Waals surface area contributed by atoms with Gasteiger partial charge in [-0.25, -0.2) is 0 Å². The van der Waals surface area contributed by atoms with E-state index in [-0.39, 0.29) is 9.68 Å². The number of rotatable bonds is 7. The van der Waals surface area contributed by atoms with E-state index in [0.717, 1.165) is 19.9 Å². The molecule has 0 aromatic rings. The van der Waals surface area contributed by atoms with Crippen molar-refractivity contribution in [1.29, 1.82) is 0 Å². The zero-order valence-corrected chi connectivity index (χ0v) is 9.40. The molecule has 68 valence electrons. The second-order valence-electron chi connectivity index (χ2n) is 2.49. The Bertz CT molecular complexity index is 76.1. The molecule has 0 saturated carbocycles. The minimum absolute atomic E-state index is 0.0368. The van der Waals surface area contributed by atoms with Crippen molar-refractivity contribution in [1.82, 2.24) is 15.2 Å². The minimum atomic E-state index is 0.0368. The zero-order chi connectivity index (χ0) is 8.53. The highest BCUT2D eigenvalue weighted by Crippen LogP contribution is 1.78. The fourth-order valence-corrected chi connectivity index (χ4v) is 1.70. The number of nitrogens with one attached hydrogen (secondary N) is 2. The summed E-state index contributed by atoms with van der Waals surface area (Å²) in [4.78, 5) is 0. The van der Waals surface area contributed by atoms with Gasteiger partial charge in [0.1, 0.15) is 0 Å². The molecule has 4 heteroatoms. The molecule has 0 rings (SSSR count). The van der Waals surface area contributed by atoms with Gasteiger partial charge in [-0.3, -0.25) is 5.32 Å². The van der Waals surface area contributed by atoms with Crippen LogP contribution in [0.1, 0.15) is 13.8 Å². The molecule has 0 atom stereocenters. The molecule has 0 amide bonds. The van der Waals surface area contributed by atoms with Crippen LogP contribution in [0.3, 0.4) is 0 Å². The van der Waals surface area contributed by atoms with Gasteiger partial charge in [0.05, 0.1) is 9.68 Å². The quantitative estimate of drug-likeness (QED) is 0.312. The highest BCUT2D eigenvalue weighted by atomic mass is 28.2. The predicted octanol–water partition coefficient (Wildman–Crippen LogP) is -0.446. The smallest absolute Gasteiger partial charge is 0.0935 e.